The summed E-state index contributed by atoms with van der Waals surface area (Å²) in [4.78, 5) is 16.0. The van der Waals surface area contributed by atoms with Crippen LogP contribution in [0.3, 0.4) is 0 Å². The van der Waals surface area contributed by atoms with Crippen LogP contribution in [0.15, 0.2) is 30.5 Å². The third-order valence-corrected chi connectivity index (χ3v) is 3.79. The van der Waals surface area contributed by atoms with E-state index in [9.17, 15) is 4.79 Å². The van der Waals surface area contributed by atoms with E-state index in [4.69, 9.17) is 16.3 Å². The van der Waals surface area contributed by atoms with Gasteiger partial charge in [0.1, 0.15) is 11.6 Å². The first kappa shape index (κ1) is 18.1. The predicted octanol–water partition coefficient (Wildman–Crippen LogP) is 4.78. The molecule has 1 aromatic heterocycles. The van der Waals surface area contributed by atoms with Crippen LogP contribution in [0.5, 0.6) is 5.75 Å². The van der Waals surface area contributed by atoms with Crippen LogP contribution in [0.1, 0.15) is 25.8 Å². The normalized spacial score (nSPS) is 10.6. The van der Waals surface area contributed by atoms with Gasteiger partial charge in [0.25, 0.3) is 0 Å². The Hall–Kier alpha value is -2.27. The molecule has 0 aliphatic rings. The molecule has 1 heterocycles. The summed E-state index contributed by atoms with van der Waals surface area (Å²) in [6, 6.07) is 7.30. The number of nitrogens with one attached hydrogen (secondary N) is 2. The lowest BCUT2D eigenvalue weighted by Gasteiger charge is -2.13. The van der Waals surface area contributed by atoms with Gasteiger partial charge in [-0.25, -0.2) is 4.98 Å². The van der Waals surface area contributed by atoms with Crippen molar-refractivity contribution in [1.82, 2.24) is 4.98 Å². The fourth-order valence-electron chi connectivity index (χ4n) is 2.19. The molecular formula is C18H22ClN3O2. The Kier molecular flexibility index (Phi) is 6.04. The van der Waals surface area contributed by atoms with Crippen molar-refractivity contribution < 1.29 is 9.53 Å². The molecule has 0 atom stereocenters. The molecule has 0 radical (unpaired) electrons. The Labute approximate surface area is 147 Å². The first-order chi connectivity index (χ1) is 11.4. The summed E-state index contributed by atoms with van der Waals surface area (Å²) in [6.45, 7) is 5.93. The molecule has 5 nitrogen and oxygen atoms in total. The summed E-state index contributed by atoms with van der Waals surface area (Å²) in [5.41, 5.74) is 2.54. The van der Waals surface area contributed by atoms with Crippen LogP contribution >= 0.6 is 11.6 Å². The third kappa shape index (κ3) is 4.86. The van der Waals surface area contributed by atoms with E-state index in [0.717, 1.165) is 16.9 Å². The molecule has 2 aromatic rings. The van der Waals surface area contributed by atoms with Crippen molar-refractivity contribution in [2.75, 3.05) is 17.7 Å². The number of pyridine rings is 1. The van der Waals surface area contributed by atoms with Crippen LogP contribution in [-0.4, -0.2) is 18.0 Å². The van der Waals surface area contributed by atoms with E-state index in [2.05, 4.69) is 15.6 Å². The number of hydrogen-bond donors (Lipinski definition) is 2. The summed E-state index contributed by atoms with van der Waals surface area (Å²) in [5.74, 6) is 1.46. The number of benzene rings is 1. The Morgan fingerprint density at radius 2 is 2.08 bits per heavy atom. The van der Waals surface area contributed by atoms with Gasteiger partial charge in [-0.3, -0.25) is 4.79 Å². The van der Waals surface area contributed by atoms with Crippen molar-refractivity contribution >= 4 is 34.7 Å². The number of amides is 1. The second kappa shape index (κ2) is 8.02. The fourth-order valence-corrected chi connectivity index (χ4v) is 2.35. The molecule has 128 valence electrons. The maximum atomic E-state index is 11.8. The van der Waals surface area contributed by atoms with Gasteiger partial charge in [0.15, 0.2) is 0 Å². The standard InChI is InChI=1S/C18H22ClN3O2/c1-11(2)7-18(23)22-17-6-5-13(10-20-17)21-15-8-12(3)14(19)9-16(15)24-4/h5-6,8-11,21H,7H2,1-4H3,(H,20,22,23). The molecule has 0 saturated heterocycles. The molecule has 2 N–H and O–H groups in total. The molecule has 6 heteroatoms. The summed E-state index contributed by atoms with van der Waals surface area (Å²) < 4.78 is 5.34. The lowest BCUT2D eigenvalue weighted by atomic mass is 10.1. The number of rotatable bonds is 6. The van der Waals surface area contributed by atoms with Crippen LogP contribution in [0.4, 0.5) is 17.2 Å². The van der Waals surface area contributed by atoms with Crippen molar-refractivity contribution in [2.45, 2.75) is 27.2 Å². The molecule has 0 bridgehead atoms. The average molecular weight is 348 g/mol. The molecule has 0 unspecified atom stereocenters. The maximum absolute atomic E-state index is 11.8. The molecule has 24 heavy (non-hydrogen) atoms. The SMILES string of the molecule is COc1cc(Cl)c(C)cc1Nc1ccc(NC(=O)CC(C)C)nc1. The van der Waals surface area contributed by atoms with E-state index in [1.54, 1.807) is 25.4 Å². The van der Waals surface area contributed by atoms with Crippen LogP contribution in [0, 0.1) is 12.8 Å². The van der Waals surface area contributed by atoms with Gasteiger partial charge >= 0.3 is 0 Å². The molecule has 1 amide bonds. The zero-order valence-corrected chi connectivity index (χ0v) is 15.1. The van der Waals surface area contributed by atoms with Crippen molar-refractivity contribution in [2.24, 2.45) is 5.92 Å². The molecule has 0 saturated carbocycles. The Bertz CT molecular complexity index is 715. The van der Waals surface area contributed by atoms with Gasteiger partial charge < -0.3 is 15.4 Å². The van der Waals surface area contributed by atoms with Crippen molar-refractivity contribution in [3.05, 3.63) is 41.0 Å². The number of aryl methyl sites for hydroxylation is 1. The highest BCUT2D eigenvalue weighted by Gasteiger charge is 2.09. The number of ether oxygens (including phenoxy) is 1. The van der Waals surface area contributed by atoms with Crippen LogP contribution in [0.2, 0.25) is 5.02 Å². The quantitative estimate of drug-likeness (QED) is 0.789. The summed E-state index contributed by atoms with van der Waals surface area (Å²) in [5, 5.41) is 6.68. The maximum Gasteiger partial charge on any atom is 0.225 e. The van der Waals surface area contributed by atoms with Gasteiger partial charge in [0.05, 0.1) is 24.7 Å². The largest absolute Gasteiger partial charge is 0.495 e. The highest BCUT2D eigenvalue weighted by atomic mass is 35.5. The first-order valence-electron chi connectivity index (χ1n) is 7.76. The van der Waals surface area contributed by atoms with E-state index in [1.165, 1.54) is 0 Å². The molecule has 0 fully saturated rings. The second-order valence-corrected chi connectivity index (χ2v) is 6.41. The van der Waals surface area contributed by atoms with Crippen molar-refractivity contribution in [3.63, 3.8) is 0 Å². The number of methoxy groups -OCH3 is 1. The zero-order chi connectivity index (χ0) is 17.7. The third-order valence-electron chi connectivity index (χ3n) is 3.38. The minimum atomic E-state index is -0.0341. The minimum Gasteiger partial charge on any atom is -0.495 e. The number of carbonyl (C=O) groups is 1. The Morgan fingerprint density at radius 1 is 1.33 bits per heavy atom. The highest BCUT2D eigenvalue weighted by molar-refractivity contribution is 6.31. The number of nitrogens with zero attached hydrogens (tertiary/aromatic N) is 1. The smallest absolute Gasteiger partial charge is 0.225 e. The van der Waals surface area contributed by atoms with Crippen LogP contribution < -0.4 is 15.4 Å². The van der Waals surface area contributed by atoms with E-state index < -0.39 is 0 Å². The predicted molar refractivity (Wildman–Crippen MR) is 98.3 cm³/mol. The molecule has 0 aliphatic carbocycles. The first-order valence-corrected chi connectivity index (χ1v) is 8.14. The second-order valence-electron chi connectivity index (χ2n) is 6.00. The highest BCUT2D eigenvalue weighted by Crippen LogP contribution is 2.33. The summed E-state index contributed by atoms with van der Waals surface area (Å²) in [7, 11) is 1.60. The van der Waals surface area contributed by atoms with E-state index in [-0.39, 0.29) is 5.91 Å². The zero-order valence-electron chi connectivity index (χ0n) is 14.3. The van der Waals surface area contributed by atoms with Gasteiger partial charge in [-0.1, -0.05) is 25.4 Å². The Balaban J connectivity index is 2.09. The number of anilines is 3. The molecular weight excluding hydrogens is 326 g/mol. The lowest BCUT2D eigenvalue weighted by Crippen LogP contribution is -2.14. The van der Waals surface area contributed by atoms with Gasteiger partial charge in [0.2, 0.25) is 5.91 Å². The number of aromatic nitrogens is 1. The van der Waals surface area contributed by atoms with Gasteiger partial charge in [-0.15, -0.1) is 0 Å². The van der Waals surface area contributed by atoms with Gasteiger partial charge in [-0.2, -0.15) is 0 Å². The molecule has 1 aromatic carbocycles. The lowest BCUT2D eigenvalue weighted by molar-refractivity contribution is -0.116. The van der Waals surface area contributed by atoms with Crippen molar-refractivity contribution in [1.29, 1.82) is 0 Å². The number of carbonyl (C=O) groups excluding carboxylic acids is 1. The van der Waals surface area contributed by atoms with Gasteiger partial charge in [0, 0.05) is 17.5 Å². The Morgan fingerprint density at radius 3 is 2.67 bits per heavy atom. The van der Waals surface area contributed by atoms with Crippen molar-refractivity contribution in [3.8, 4) is 5.75 Å². The summed E-state index contributed by atoms with van der Waals surface area (Å²) in [6.07, 6.45) is 2.14. The molecule has 0 spiro atoms. The molecule has 2 rings (SSSR count). The van der Waals surface area contributed by atoms with Gasteiger partial charge in [-0.05, 0) is 36.6 Å². The minimum absolute atomic E-state index is 0.0341. The fraction of sp³-hybridized carbons (Fsp3) is 0.333. The monoisotopic (exact) mass is 347 g/mol. The molecule has 0 aliphatic heterocycles. The van der Waals surface area contributed by atoms with Crippen LogP contribution in [-0.2, 0) is 4.79 Å². The van der Waals surface area contributed by atoms with Crippen LogP contribution in [0.25, 0.3) is 0 Å². The van der Waals surface area contributed by atoms with E-state index in [0.29, 0.717) is 28.9 Å². The van der Waals surface area contributed by atoms with E-state index >= 15 is 0 Å². The average Bonchev–Trinajstić information content (AvgIpc) is 2.51. The number of hydrogen-bond acceptors (Lipinski definition) is 4. The topological polar surface area (TPSA) is 63.2 Å². The number of halogens is 1. The van der Waals surface area contributed by atoms with E-state index in [1.807, 2.05) is 32.9 Å². The summed E-state index contributed by atoms with van der Waals surface area (Å²) >= 11 is 6.11.